The van der Waals surface area contributed by atoms with Gasteiger partial charge in [0.05, 0.1) is 11.0 Å². The molecule has 3 heteroatoms. The summed E-state index contributed by atoms with van der Waals surface area (Å²) in [5.41, 5.74) is 7.20. The van der Waals surface area contributed by atoms with Crippen molar-refractivity contribution < 1.29 is 0 Å². The lowest BCUT2D eigenvalue weighted by Gasteiger charge is -2.21. The Bertz CT molecular complexity index is 853. The maximum absolute atomic E-state index is 4.43. The average molecular weight is 325 g/mol. The molecule has 0 spiro atoms. The van der Waals surface area contributed by atoms with Gasteiger partial charge in [-0.05, 0) is 46.5 Å². The third-order valence-electron chi connectivity index (χ3n) is 4.23. The molecule has 0 N–H and O–H groups in total. The molecular formula is C17H13BrN2. The molecule has 0 aliphatic heterocycles. The van der Waals surface area contributed by atoms with Crippen molar-refractivity contribution in [2.75, 3.05) is 0 Å². The normalized spacial score (nSPS) is 15.2. The van der Waals surface area contributed by atoms with Crippen LogP contribution in [-0.2, 0) is 5.41 Å². The van der Waals surface area contributed by atoms with Gasteiger partial charge in [0.2, 0.25) is 0 Å². The Hall–Kier alpha value is -1.74. The molecule has 20 heavy (non-hydrogen) atoms. The van der Waals surface area contributed by atoms with E-state index in [9.17, 15) is 0 Å². The Morgan fingerprint density at radius 1 is 0.850 bits per heavy atom. The summed E-state index contributed by atoms with van der Waals surface area (Å²) in [5, 5.41) is 0. The minimum absolute atomic E-state index is 0.0110. The smallest absolute Gasteiger partial charge is 0.0893 e. The summed E-state index contributed by atoms with van der Waals surface area (Å²) in [6.45, 7) is 4.54. The number of hydrogen-bond donors (Lipinski definition) is 0. The van der Waals surface area contributed by atoms with E-state index in [0.29, 0.717) is 0 Å². The lowest BCUT2D eigenvalue weighted by molar-refractivity contribution is 0.661. The van der Waals surface area contributed by atoms with Crippen molar-refractivity contribution in [1.82, 2.24) is 9.97 Å². The predicted molar refractivity (Wildman–Crippen MR) is 84.8 cm³/mol. The van der Waals surface area contributed by atoms with Gasteiger partial charge in [0.25, 0.3) is 0 Å². The number of benzene rings is 2. The van der Waals surface area contributed by atoms with Gasteiger partial charge in [-0.15, -0.1) is 0 Å². The molecule has 2 aromatic carbocycles. The molecule has 0 saturated heterocycles. The zero-order valence-electron chi connectivity index (χ0n) is 11.3. The van der Waals surface area contributed by atoms with Crippen LogP contribution in [-0.4, -0.2) is 9.97 Å². The monoisotopic (exact) mass is 324 g/mol. The van der Waals surface area contributed by atoms with E-state index in [0.717, 1.165) is 15.5 Å². The summed E-state index contributed by atoms with van der Waals surface area (Å²) in [7, 11) is 0. The van der Waals surface area contributed by atoms with Crippen molar-refractivity contribution >= 4 is 27.0 Å². The second-order valence-electron chi connectivity index (χ2n) is 5.76. The number of hydrogen-bond acceptors (Lipinski definition) is 2. The maximum atomic E-state index is 4.43. The van der Waals surface area contributed by atoms with Crippen LogP contribution in [0.2, 0.25) is 0 Å². The first-order chi connectivity index (χ1) is 9.57. The number of halogens is 1. The van der Waals surface area contributed by atoms with Crippen LogP contribution in [0, 0.1) is 0 Å². The molecule has 0 amide bonds. The molecule has 4 rings (SSSR count). The third-order valence-corrected chi connectivity index (χ3v) is 4.72. The van der Waals surface area contributed by atoms with Gasteiger partial charge in [0.15, 0.2) is 0 Å². The Labute approximate surface area is 126 Å². The van der Waals surface area contributed by atoms with Crippen LogP contribution in [0.3, 0.4) is 0 Å². The van der Waals surface area contributed by atoms with Gasteiger partial charge < -0.3 is 0 Å². The van der Waals surface area contributed by atoms with Crippen molar-refractivity contribution in [2.45, 2.75) is 19.3 Å². The summed E-state index contributed by atoms with van der Waals surface area (Å²) in [5.74, 6) is 0. The number of rotatable bonds is 0. The molecule has 0 unspecified atom stereocenters. The van der Waals surface area contributed by atoms with E-state index in [2.05, 4.69) is 70.1 Å². The molecule has 0 fully saturated rings. The van der Waals surface area contributed by atoms with Gasteiger partial charge in [0.1, 0.15) is 0 Å². The van der Waals surface area contributed by atoms with E-state index < -0.39 is 0 Å². The highest BCUT2D eigenvalue weighted by Crippen LogP contribution is 2.50. The van der Waals surface area contributed by atoms with E-state index in [1.54, 1.807) is 12.4 Å². The van der Waals surface area contributed by atoms with E-state index >= 15 is 0 Å². The molecule has 0 bridgehead atoms. The summed E-state index contributed by atoms with van der Waals surface area (Å²) in [6, 6.07) is 10.9. The molecule has 1 aromatic heterocycles. The lowest BCUT2D eigenvalue weighted by Crippen LogP contribution is -2.14. The zero-order chi connectivity index (χ0) is 13.9. The fourth-order valence-corrected chi connectivity index (χ4v) is 3.54. The molecule has 1 heterocycles. The van der Waals surface area contributed by atoms with Crippen LogP contribution >= 0.6 is 15.9 Å². The largest absolute Gasteiger partial charge is 0.253 e. The summed E-state index contributed by atoms with van der Waals surface area (Å²) in [4.78, 5) is 8.86. The predicted octanol–water partition coefficient (Wildman–Crippen LogP) is 4.70. The van der Waals surface area contributed by atoms with Crippen molar-refractivity contribution in [3.63, 3.8) is 0 Å². The fraction of sp³-hybridized carbons (Fsp3) is 0.176. The van der Waals surface area contributed by atoms with Crippen molar-refractivity contribution in [1.29, 1.82) is 0 Å². The number of fused-ring (bicyclic) bond motifs is 4. The highest BCUT2D eigenvalue weighted by atomic mass is 79.9. The molecular weight excluding hydrogens is 312 g/mol. The maximum Gasteiger partial charge on any atom is 0.0893 e. The highest BCUT2D eigenvalue weighted by molar-refractivity contribution is 9.10. The zero-order valence-corrected chi connectivity index (χ0v) is 12.9. The van der Waals surface area contributed by atoms with E-state index in [1.165, 1.54) is 22.3 Å². The van der Waals surface area contributed by atoms with Gasteiger partial charge in [-0.25, -0.2) is 0 Å². The van der Waals surface area contributed by atoms with Crippen LogP contribution < -0.4 is 0 Å². The Morgan fingerprint density at radius 2 is 1.50 bits per heavy atom. The topological polar surface area (TPSA) is 25.8 Å². The van der Waals surface area contributed by atoms with Gasteiger partial charge in [0, 0.05) is 22.3 Å². The highest BCUT2D eigenvalue weighted by Gasteiger charge is 2.35. The van der Waals surface area contributed by atoms with Gasteiger partial charge in [-0.3, -0.25) is 9.97 Å². The Balaban J connectivity index is 2.13. The minimum atomic E-state index is 0.0110. The third kappa shape index (κ3) is 1.50. The SMILES string of the molecule is CC1(C)c2ccc(Br)cc2-c2cc3nccnc3cc21. The van der Waals surface area contributed by atoms with Gasteiger partial charge in [-0.2, -0.15) is 0 Å². The first kappa shape index (κ1) is 12.0. The average Bonchev–Trinajstić information content (AvgIpc) is 2.65. The molecule has 1 aliphatic rings. The Morgan fingerprint density at radius 3 is 2.25 bits per heavy atom. The van der Waals surface area contributed by atoms with Crippen molar-refractivity contribution in [3.05, 3.63) is 58.3 Å². The fourth-order valence-electron chi connectivity index (χ4n) is 3.18. The molecule has 2 nitrogen and oxygen atoms in total. The molecule has 3 aromatic rings. The standard InChI is InChI=1S/C17H13BrN2/c1-17(2)13-4-3-10(18)7-11(13)12-8-15-16(9-14(12)17)20-6-5-19-15/h3-9H,1-2H3. The van der Waals surface area contributed by atoms with Gasteiger partial charge >= 0.3 is 0 Å². The summed E-state index contributed by atoms with van der Waals surface area (Å²) >= 11 is 3.58. The molecule has 0 saturated carbocycles. The van der Waals surface area contributed by atoms with E-state index in [-0.39, 0.29) is 5.41 Å². The second kappa shape index (κ2) is 3.89. The summed E-state index contributed by atoms with van der Waals surface area (Å²) < 4.78 is 1.11. The number of aromatic nitrogens is 2. The van der Waals surface area contributed by atoms with Crippen LogP contribution in [0.1, 0.15) is 25.0 Å². The van der Waals surface area contributed by atoms with Gasteiger partial charge in [-0.1, -0.05) is 35.8 Å². The molecule has 0 radical (unpaired) electrons. The summed E-state index contributed by atoms with van der Waals surface area (Å²) in [6.07, 6.45) is 3.50. The van der Waals surface area contributed by atoms with Crippen LogP contribution in [0.25, 0.3) is 22.2 Å². The Kier molecular flexibility index (Phi) is 2.34. The van der Waals surface area contributed by atoms with E-state index in [1.807, 2.05) is 0 Å². The molecule has 98 valence electrons. The lowest BCUT2D eigenvalue weighted by atomic mass is 9.82. The van der Waals surface area contributed by atoms with Crippen molar-refractivity contribution in [3.8, 4) is 11.1 Å². The number of nitrogens with zero attached hydrogens (tertiary/aromatic N) is 2. The van der Waals surface area contributed by atoms with Crippen LogP contribution in [0.15, 0.2) is 47.2 Å². The molecule has 1 aliphatic carbocycles. The second-order valence-corrected chi connectivity index (χ2v) is 6.67. The first-order valence-electron chi connectivity index (χ1n) is 6.63. The first-order valence-corrected chi connectivity index (χ1v) is 7.42. The van der Waals surface area contributed by atoms with Crippen LogP contribution in [0.4, 0.5) is 0 Å². The quantitative estimate of drug-likeness (QED) is 0.599. The van der Waals surface area contributed by atoms with Crippen molar-refractivity contribution in [2.24, 2.45) is 0 Å². The molecule has 0 atom stereocenters. The minimum Gasteiger partial charge on any atom is -0.253 e. The van der Waals surface area contributed by atoms with E-state index in [4.69, 9.17) is 0 Å². The van der Waals surface area contributed by atoms with Crippen LogP contribution in [0.5, 0.6) is 0 Å².